The van der Waals surface area contributed by atoms with Gasteiger partial charge in [-0.25, -0.2) is 13.6 Å². The van der Waals surface area contributed by atoms with Crippen molar-refractivity contribution >= 4 is 15.7 Å². The van der Waals surface area contributed by atoms with Crippen molar-refractivity contribution in [1.82, 2.24) is 9.78 Å². The van der Waals surface area contributed by atoms with Gasteiger partial charge >= 0.3 is 0 Å². The van der Waals surface area contributed by atoms with E-state index in [0.29, 0.717) is 5.56 Å². The number of primary sulfonamides is 1. The van der Waals surface area contributed by atoms with Crippen LogP contribution in [0.1, 0.15) is 20.8 Å². The lowest BCUT2D eigenvalue weighted by Gasteiger charge is -2.18. The first-order valence-electron chi connectivity index (χ1n) is 6.37. The Balaban J connectivity index is 2.65. The summed E-state index contributed by atoms with van der Waals surface area (Å²) in [6.07, 6.45) is 3.18. The van der Waals surface area contributed by atoms with Crippen LogP contribution in [0.5, 0.6) is 0 Å². The van der Waals surface area contributed by atoms with Crippen molar-refractivity contribution in [2.24, 2.45) is 5.14 Å². The smallest absolute Gasteiger partial charge is 0.267 e. The van der Waals surface area contributed by atoms with Crippen LogP contribution in [0.4, 0.5) is 5.69 Å². The second-order valence-electron chi connectivity index (χ2n) is 5.83. The SMILES string of the molecule is CC(C)(C)n1cc(-c2ccc([N+](=O)[O-])cc2S(N)(=O)=O)cn1. The molecule has 0 amide bonds. The largest absolute Gasteiger partial charge is 0.270 e. The molecule has 1 aromatic carbocycles. The number of nitrogens with zero attached hydrogens (tertiary/aromatic N) is 3. The highest BCUT2D eigenvalue weighted by Crippen LogP contribution is 2.30. The van der Waals surface area contributed by atoms with E-state index in [-0.39, 0.29) is 21.7 Å². The highest BCUT2D eigenvalue weighted by Gasteiger charge is 2.22. The van der Waals surface area contributed by atoms with Crippen LogP contribution in [0.3, 0.4) is 0 Å². The lowest BCUT2D eigenvalue weighted by atomic mass is 10.1. The van der Waals surface area contributed by atoms with Crippen LogP contribution >= 0.6 is 0 Å². The van der Waals surface area contributed by atoms with Crippen molar-refractivity contribution < 1.29 is 13.3 Å². The van der Waals surface area contributed by atoms with Crippen molar-refractivity contribution in [3.8, 4) is 11.1 Å². The fourth-order valence-corrected chi connectivity index (χ4v) is 2.70. The van der Waals surface area contributed by atoms with E-state index in [1.807, 2.05) is 20.8 Å². The summed E-state index contributed by atoms with van der Waals surface area (Å²) in [4.78, 5) is 9.85. The number of rotatable bonds is 3. The van der Waals surface area contributed by atoms with Crippen molar-refractivity contribution in [1.29, 1.82) is 0 Å². The van der Waals surface area contributed by atoms with E-state index in [2.05, 4.69) is 5.10 Å². The van der Waals surface area contributed by atoms with Gasteiger partial charge in [0.05, 0.1) is 21.6 Å². The summed E-state index contributed by atoms with van der Waals surface area (Å²) >= 11 is 0. The third kappa shape index (κ3) is 3.15. The van der Waals surface area contributed by atoms with Gasteiger partial charge in [-0.05, 0) is 26.8 Å². The van der Waals surface area contributed by atoms with Crippen LogP contribution in [-0.4, -0.2) is 23.1 Å². The molecule has 0 radical (unpaired) electrons. The topological polar surface area (TPSA) is 121 Å². The van der Waals surface area contributed by atoms with Crippen molar-refractivity contribution in [3.63, 3.8) is 0 Å². The summed E-state index contributed by atoms with van der Waals surface area (Å²) in [5.41, 5.74) is 0.189. The molecule has 0 unspecified atom stereocenters. The van der Waals surface area contributed by atoms with Gasteiger partial charge in [0.15, 0.2) is 0 Å². The molecular weight excluding hydrogens is 308 g/mol. The third-order valence-corrected chi connectivity index (χ3v) is 4.01. The highest BCUT2D eigenvalue weighted by molar-refractivity contribution is 7.89. The summed E-state index contributed by atoms with van der Waals surface area (Å²) in [5.74, 6) is 0. The van der Waals surface area contributed by atoms with Crippen molar-refractivity contribution in [2.75, 3.05) is 0 Å². The van der Waals surface area contributed by atoms with Crippen LogP contribution in [0.2, 0.25) is 0 Å². The fraction of sp³-hybridized carbons (Fsp3) is 0.308. The number of nitro benzene ring substituents is 1. The first kappa shape index (κ1) is 16.1. The Labute approximate surface area is 127 Å². The molecule has 1 aromatic heterocycles. The lowest BCUT2D eigenvalue weighted by Crippen LogP contribution is -2.21. The molecule has 0 aliphatic heterocycles. The van der Waals surface area contributed by atoms with Gasteiger partial charge in [0.25, 0.3) is 5.69 Å². The van der Waals surface area contributed by atoms with Crippen LogP contribution in [-0.2, 0) is 15.6 Å². The van der Waals surface area contributed by atoms with Crippen LogP contribution in [0, 0.1) is 10.1 Å². The molecule has 8 nitrogen and oxygen atoms in total. The molecule has 22 heavy (non-hydrogen) atoms. The zero-order valence-corrected chi connectivity index (χ0v) is 13.2. The van der Waals surface area contributed by atoms with E-state index in [0.717, 1.165) is 6.07 Å². The minimum absolute atomic E-state index is 0.277. The number of nitrogens with two attached hydrogens (primary N) is 1. The quantitative estimate of drug-likeness (QED) is 0.682. The monoisotopic (exact) mass is 324 g/mol. The van der Waals surface area contributed by atoms with E-state index >= 15 is 0 Å². The second-order valence-corrected chi connectivity index (χ2v) is 7.36. The molecule has 0 spiro atoms. The molecule has 1 heterocycles. The van der Waals surface area contributed by atoms with Crippen molar-refractivity contribution in [3.05, 3.63) is 40.7 Å². The molecule has 9 heteroatoms. The molecular formula is C13H16N4O4S. The molecule has 0 aliphatic carbocycles. The van der Waals surface area contributed by atoms with Gasteiger partial charge in [-0.2, -0.15) is 5.10 Å². The van der Waals surface area contributed by atoms with Gasteiger partial charge in [-0.15, -0.1) is 0 Å². The average Bonchev–Trinajstić information content (AvgIpc) is 2.86. The van der Waals surface area contributed by atoms with E-state index in [1.165, 1.54) is 18.3 Å². The summed E-state index contributed by atoms with van der Waals surface area (Å²) < 4.78 is 25.1. The molecule has 0 atom stereocenters. The van der Waals surface area contributed by atoms with E-state index in [1.54, 1.807) is 10.9 Å². The van der Waals surface area contributed by atoms with Crippen LogP contribution in [0.15, 0.2) is 35.5 Å². The molecule has 0 saturated carbocycles. The first-order chi connectivity index (χ1) is 10.00. The maximum Gasteiger partial charge on any atom is 0.270 e. The number of sulfonamides is 1. The number of nitro groups is 1. The van der Waals surface area contributed by atoms with Crippen LogP contribution < -0.4 is 5.14 Å². The molecule has 2 N–H and O–H groups in total. The van der Waals surface area contributed by atoms with Crippen LogP contribution in [0.25, 0.3) is 11.1 Å². The fourth-order valence-electron chi connectivity index (χ4n) is 1.93. The molecule has 2 aromatic rings. The van der Waals surface area contributed by atoms with Gasteiger partial charge in [0.1, 0.15) is 0 Å². The number of aromatic nitrogens is 2. The Kier molecular flexibility index (Phi) is 3.80. The minimum atomic E-state index is -4.11. The molecule has 0 aliphatic rings. The Morgan fingerprint density at radius 2 is 1.95 bits per heavy atom. The van der Waals surface area contributed by atoms with E-state index < -0.39 is 14.9 Å². The maximum atomic E-state index is 11.7. The Morgan fingerprint density at radius 3 is 2.41 bits per heavy atom. The number of non-ortho nitro benzene ring substituents is 1. The van der Waals surface area contributed by atoms with Gasteiger partial charge in [-0.1, -0.05) is 0 Å². The number of hydrogen-bond acceptors (Lipinski definition) is 5. The summed E-state index contributed by atoms with van der Waals surface area (Å²) in [6.45, 7) is 5.83. The molecule has 0 bridgehead atoms. The van der Waals surface area contributed by atoms with E-state index in [4.69, 9.17) is 5.14 Å². The molecule has 118 valence electrons. The summed E-state index contributed by atoms with van der Waals surface area (Å²) in [7, 11) is -4.11. The average molecular weight is 324 g/mol. The molecule has 0 fully saturated rings. The predicted octanol–water partition coefficient (Wildman–Crippen LogP) is 1.86. The number of benzene rings is 1. The van der Waals surface area contributed by atoms with Gasteiger partial charge < -0.3 is 0 Å². The normalized spacial score (nSPS) is 12.4. The van der Waals surface area contributed by atoms with Gasteiger partial charge in [0.2, 0.25) is 10.0 Å². The summed E-state index contributed by atoms with van der Waals surface area (Å²) in [5, 5.41) is 20.2. The van der Waals surface area contributed by atoms with E-state index in [9.17, 15) is 18.5 Å². The standard InChI is InChI=1S/C13H16N4O4S/c1-13(2,3)16-8-9(7-15-16)11-5-4-10(17(18)19)6-12(11)22(14,20)21/h4-8H,1-3H3,(H2,14,20,21). The number of hydrogen-bond donors (Lipinski definition) is 1. The Morgan fingerprint density at radius 1 is 1.32 bits per heavy atom. The second kappa shape index (κ2) is 5.18. The molecule has 2 rings (SSSR count). The lowest BCUT2D eigenvalue weighted by molar-refractivity contribution is -0.385. The minimum Gasteiger partial charge on any atom is -0.267 e. The first-order valence-corrected chi connectivity index (χ1v) is 7.91. The van der Waals surface area contributed by atoms with Gasteiger partial charge in [0, 0.05) is 29.5 Å². The Hall–Kier alpha value is -2.26. The Bertz CT molecular complexity index is 834. The zero-order chi connectivity index (χ0) is 16.7. The maximum absolute atomic E-state index is 11.7. The highest BCUT2D eigenvalue weighted by atomic mass is 32.2. The molecule has 0 saturated heterocycles. The third-order valence-electron chi connectivity index (χ3n) is 3.06. The summed E-state index contributed by atoms with van der Waals surface area (Å²) in [6, 6.07) is 3.55. The zero-order valence-electron chi connectivity index (χ0n) is 12.3. The van der Waals surface area contributed by atoms with Crippen molar-refractivity contribution in [2.45, 2.75) is 31.2 Å². The van der Waals surface area contributed by atoms with Gasteiger partial charge in [-0.3, -0.25) is 14.8 Å². The predicted molar refractivity (Wildman–Crippen MR) is 80.7 cm³/mol.